The van der Waals surface area contributed by atoms with Crippen LogP contribution in [0.2, 0.25) is 5.02 Å². The number of fused-ring (bicyclic) bond motifs is 2. The van der Waals surface area contributed by atoms with E-state index in [2.05, 4.69) is 9.97 Å². The smallest absolute Gasteiger partial charge is 0.231 e. The summed E-state index contributed by atoms with van der Waals surface area (Å²) in [4.78, 5) is 7.00. The minimum atomic E-state index is -0.969. The number of aromatic amines is 1. The molecule has 0 radical (unpaired) electrons. The first kappa shape index (κ1) is 15.2. The number of H-pyrrole nitrogens is 1. The zero-order valence-corrected chi connectivity index (χ0v) is 13.4. The molecule has 0 aliphatic carbocycles. The van der Waals surface area contributed by atoms with Crippen molar-refractivity contribution in [2.45, 2.75) is 0 Å². The average molecular weight is 369 g/mol. The van der Waals surface area contributed by atoms with Crippen molar-refractivity contribution in [3.63, 3.8) is 0 Å². The topological polar surface area (TPSA) is 47.1 Å². The molecule has 24 heavy (non-hydrogen) atoms. The third-order valence-corrected chi connectivity index (χ3v) is 4.06. The molecule has 2 heterocycles. The molecule has 0 fully saturated rings. The van der Waals surface area contributed by atoms with Crippen LogP contribution in [0.1, 0.15) is 11.4 Å². The average Bonchev–Trinajstić information content (AvgIpc) is 3.14. The summed E-state index contributed by atoms with van der Waals surface area (Å²) in [6, 6.07) is 5.42. The molecule has 1 aliphatic heterocycles. The highest BCUT2D eigenvalue weighted by atomic mass is 35.5. The van der Waals surface area contributed by atoms with Gasteiger partial charge in [0.25, 0.3) is 0 Å². The number of nitrogens with zero attached hydrogens (tertiary/aromatic N) is 1. The highest BCUT2D eigenvalue weighted by molar-refractivity contribution is 6.50. The maximum atomic E-state index is 13.3. The predicted molar refractivity (Wildman–Crippen MR) is 87.3 cm³/mol. The van der Waals surface area contributed by atoms with Gasteiger partial charge in [0.1, 0.15) is 5.82 Å². The van der Waals surface area contributed by atoms with Crippen molar-refractivity contribution in [1.82, 2.24) is 9.97 Å². The Morgan fingerprint density at radius 3 is 2.79 bits per heavy atom. The van der Waals surface area contributed by atoms with Crippen LogP contribution in [-0.2, 0) is 0 Å². The lowest BCUT2D eigenvalue weighted by molar-refractivity contribution is 0.174. The van der Waals surface area contributed by atoms with Crippen molar-refractivity contribution in [2.24, 2.45) is 0 Å². The van der Waals surface area contributed by atoms with Gasteiger partial charge in [0.2, 0.25) is 6.79 Å². The number of imidazole rings is 1. The monoisotopic (exact) mass is 368 g/mol. The van der Waals surface area contributed by atoms with Crippen LogP contribution >= 0.6 is 23.2 Å². The second kappa shape index (κ2) is 5.65. The van der Waals surface area contributed by atoms with E-state index in [0.717, 1.165) is 12.1 Å². The quantitative estimate of drug-likeness (QED) is 0.695. The molecule has 0 amide bonds. The van der Waals surface area contributed by atoms with Gasteiger partial charge in [-0.15, -0.1) is 0 Å². The lowest BCUT2D eigenvalue weighted by Gasteiger charge is -2.02. The van der Waals surface area contributed by atoms with E-state index < -0.39 is 11.6 Å². The highest BCUT2D eigenvalue weighted by Gasteiger charge is 2.18. The van der Waals surface area contributed by atoms with E-state index >= 15 is 0 Å². The molecule has 1 aliphatic rings. The largest absolute Gasteiger partial charge is 0.454 e. The van der Waals surface area contributed by atoms with Crippen LogP contribution in [0.3, 0.4) is 0 Å². The van der Waals surface area contributed by atoms with Crippen molar-refractivity contribution in [3.05, 3.63) is 52.3 Å². The fourth-order valence-electron chi connectivity index (χ4n) is 2.40. The number of aromatic nitrogens is 2. The summed E-state index contributed by atoms with van der Waals surface area (Å²) in [6.45, 7) is 0.108. The van der Waals surface area contributed by atoms with E-state index in [1.165, 1.54) is 0 Å². The van der Waals surface area contributed by atoms with E-state index in [9.17, 15) is 8.78 Å². The lowest BCUT2D eigenvalue weighted by atomic mass is 10.2. The second-order valence-corrected chi connectivity index (χ2v) is 5.91. The number of halogens is 4. The molecule has 0 saturated heterocycles. The number of rotatable bonds is 2. The van der Waals surface area contributed by atoms with Crippen LogP contribution in [0.25, 0.3) is 22.1 Å². The van der Waals surface area contributed by atoms with Crippen molar-refractivity contribution < 1.29 is 18.3 Å². The van der Waals surface area contributed by atoms with Crippen LogP contribution in [-0.4, -0.2) is 16.8 Å². The molecule has 0 unspecified atom stereocenters. The van der Waals surface area contributed by atoms with Crippen molar-refractivity contribution >= 4 is 45.3 Å². The zero-order chi connectivity index (χ0) is 16.8. The van der Waals surface area contributed by atoms with E-state index in [0.29, 0.717) is 27.6 Å². The van der Waals surface area contributed by atoms with Crippen molar-refractivity contribution in [2.75, 3.05) is 6.79 Å². The Bertz CT molecular complexity index is 962. The van der Waals surface area contributed by atoms with Gasteiger partial charge in [-0.2, -0.15) is 0 Å². The summed E-state index contributed by atoms with van der Waals surface area (Å²) < 4.78 is 37.1. The van der Waals surface area contributed by atoms with Gasteiger partial charge in [-0.1, -0.05) is 23.2 Å². The molecular formula is C16H8Cl2F2N2O2. The molecule has 4 nitrogen and oxygen atoms in total. The van der Waals surface area contributed by atoms with Crippen LogP contribution in [0, 0.1) is 11.6 Å². The minimum absolute atomic E-state index is 0.108. The third-order valence-electron chi connectivity index (χ3n) is 3.49. The Morgan fingerprint density at radius 2 is 1.96 bits per heavy atom. The zero-order valence-electron chi connectivity index (χ0n) is 11.9. The Labute approximate surface area is 144 Å². The van der Waals surface area contributed by atoms with E-state index in [4.69, 9.17) is 32.7 Å². The van der Waals surface area contributed by atoms with E-state index in [1.807, 2.05) is 0 Å². The minimum Gasteiger partial charge on any atom is -0.454 e. The number of benzene rings is 2. The molecule has 4 rings (SSSR count). The molecule has 0 saturated carbocycles. The van der Waals surface area contributed by atoms with Gasteiger partial charge >= 0.3 is 0 Å². The fourth-order valence-corrected chi connectivity index (χ4v) is 2.89. The molecule has 1 N–H and O–H groups in total. The maximum absolute atomic E-state index is 13.3. The standard InChI is InChI=1S/C16H8Cl2F2N2O2/c17-8-1-7(3-14-15(8)24-6-23-14)2-9(18)16-21-12-4-10(19)11(20)5-13(12)22-16/h1-5H,6H2,(H,21,22). The number of hydrogen-bond acceptors (Lipinski definition) is 3. The highest BCUT2D eigenvalue weighted by Crippen LogP contribution is 2.40. The first-order valence-electron chi connectivity index (χ1n) is 6.83. The Morgan fingerprint density at radius 1 is 1.17 bits per heavy atom. The molecule has 2 aromatic carbocycles. The van der Waals surface area contributed by atoms with Gasteiger partial charge in [-0.25, -0.2) is 13.8 Å². The summed E-state index contributed by atoms with van der Waals surface area (Å²) in [7, 11) is 0. The van der Waals surface area contributed by atoms with E-state index in [-0.39, 0.29) is 23.2 Å². The Hall–Kier alpha value is -2.31. The molecule has 0 bridgehead atoms. The number of nitrogens with one attached hydrogen (secondary N) is 1. The lowest BCUT2D eigenvalue weighted by Crippen LogP contribution is -1.93. The number of ether oxygens (including phenoxy) is 2. The van der Waals surface area contributed by atoms with Gasteiger partial charge in [0.05, 0.1) is 21.1 Å². The molecular weight excluding hydrogens is 361 g/mol. The summed E-state index contributed by atoms with van der Waals surface area (Å²) in [5.74, 6) is -0.638. The van der Waals surface area contributed by atoms with Gasteiger partial charge in [-0.3, -0.25) is 0 Å². The van der Waals surface area contributed by atoms with Gasteiger partial charge in [0, 0.05) is 12.1 Å². The van der Waals surface area contributed by atoms with Crippen LogP contribution in [0.4, 0.5) is 8.78 Å². The van der Waals surface area contributed by atoms with Gasteiger partial charge in [0.15, 0.2) is 23.1 Å². The molecule has 8 heteroatoms. The third kappa shape index (κ3) is 2.57. The fraction of sp³-hybridized carbons (Fsp3) is 0.0625. The summed E-state index contributed by atoms with van der Waals surface area (Å²) in [5, 5.41) is 0.649. The van der Waals surface area contributed by atoms with Crippen LogP contribution in [0.15, 0.2) is 24.3 Å². The molecule has 1 aromatic heterocycles. The number of hydrogen-bond donors (Lipinski definition) is 1. The SMILES string of the molecule is Fc1cc2nc(C(Cl)=Cc3cc(Cl)c4c(c3)OCO4)[nH]c2cc1F. The van der Waals surface area contributed by atoms with Crippen molar-refractivity contribution in [3.8, 4) is 11.5 Å². The first-order valence-corrected chi connectivity index (χ1v) is 7.58. The van der Waals surface area contributed by atoms with E-state index in [1.54, 1.807) is 18.2 Å². The summed E-state index contributed by atoms with van der Waals surface area (Å²) in [5.41, 5.74) is 1.30. The predicted octanol–water partition coefficient (Wildman–Crippen LogP) is 4.96. The summed E-state index contributed by atoms with van der Waals surface area (Å²) in [6.07, 6.45) is 1.61. The maximum Gasteiger partial charge on any atom is 0.231 e. The Balaban J connectivity index is 1.74. The molecule has 0 atom stereocenters. The summed E-state index contributed by atoms with van der Waals surface area (Å²) >= 11 is 12.4. The molecule has 0 spiro atoms. The van der Waals surface area contributed by atoms with Crippen LogP contribution in [0.5, 0.6) is 11.5 Å². The van der Waals surface area contributed by atoms with Gasteiger partial charge < -0.3 is 14.5 Å². The Kier molecular flexibility index (Phi) is 3.58. The normalized spacial score (nSPS) is 13.8. The molecule has 122 valence electrons. The second-order valence-electron chi connectivity index (χ2n) is 5.10. The first-order chi connectivity index (χ1) is 11.5. The van der Waals surface area contributed by atoms with Crippen LogP contribution < -0.4 is 9.47 Å². The molecule has 3 aromatic rings. The van der Waals surface area contributed by atoms with Gasteiger partial charge in [-0.05, 0) is 23.8 Å². The van der Waals surface area contributed by atoms with Crippen molar-refractivity contribution in [1.29, 1.82) is 0 Å².